The van der Waals surface area contributed by atoms with E-state index in [1.165, 1.54) is 24.8 Å². The molecule has 0 aliphatic heterocycles. The van der Waals surface area contributed by atoms with Gasteiger partial charge in [-0.2, -0.15) is 0 Å². The van der Waals surface area contributed by atoms with Gasteiger partial charge in [-0.25, -0.2) is 0 Å². The maximum Gasteiger partial charge on any atom is 0.119 e. The molecule has 2 rings (SSSR count). The number of hydrogen-bond acceptors (Lipinski definition) is 3. The summed E-state index contributed by atoms with van der Waals surface area (Å²) in [6, 6.07) is 9.02. The summed E-state index contributed by atoms with van der Waals surface area (Å²) in [5.74, 6) is 1.84. The van der Waals surface area contributed by atoms with Gasteiger partial charge in [0, 0.05) is 19.1 Å². The molecule has 3 nitrogen and oxygen atoms in total. The number of hydrogen-bond donors (Lipinski definition) is 1. The molecule has 1 fully saturated rings. The first-order valence-electron chi connectivity index (χ1n) is 7.77. The summed E-state index contributed by atoms with van der Waals surface area (Å²) in [7, 11) is 3.93. The predicted octanol–water partition coefficient (Wildman–Crippen LogP) is 2.91. The minimum Gasteiger partial charge on any atom is -0.497 e. The highest BCUT2D eigenvalue weighted by Gasteiger charge is 2.31. The van der Waals surface area contributed by atoms with Gasteiger partial charge in [-0.05, 0) is 56.5 Å². The van der Waals surface area contributed by atoms with Crippen LogP contribution in [0.1, 0.15) is 31.7 Å². The lowest BCUT2D eigenvalue weighted by Gasteiger charge is -2.25. The summed E-state index contributed by atoms with van der Waals surface area (Å²) in [6.45, 7) is 5.47. The second-order valence-electron chi connectivity index (χ2n) is 5.95. The Labute approximate surface area is 123 Å². The highest BCUT2D eigenvalue weighted by Crippen LogP contribution is 2.33. The molecule has 0 spiro atoms. The van der Waals surface area contributed by atoms with E-state index in [0.29, 0.717) is 6.04 Å². The van der Waals surface area contributed by atoms with Crippen molar-refractivity contribution in [1.29, 1.82) is 0 Å². The van der Waals surface area contributed by atoms with Crippen LogP contribution in [0, 0.1) is 5.92 Å². The predicted molar refractivity (Wildman–Crippen MR) is 84.1 cm³/mol. The molecule has 1 aliphatic rings. The summed E-state index contributed by atoms with van der Waals surface area (Å²) in [5, 5.41) is 3.70. The van der Waals surface area contributed by atoms with E-state index in [1.54, 1.807) is 7.11 Å². The summed E-state index contributed by atoms with van der Waals surface area (Å²) < 4.78 is 5.29. The Morgan fingerprint density at radius 1 is 1.40 bits per heavy atom. The molecule has 0 amide bonds. The van der Waals surface area contributed by atoms with Gasteiger partial charge in [-0.1, -0.05) is 19.1 Å². The molecule has 1 N–H and O–H groups in total. The third kappa shape index (κ3) is 4.80. The first-order chi connectivity index (χ1) is 9.72. The van der Waals surface area contributed by atoms with E-state index >= 15 is 0 Å². The third-order valence-electron chi connectivity index (χ3n) is 3.94. The van der Waals surface area contributed by atoms with Crippen LogP contribution in [0.25, 0.3) is 0 Å². The number of methoxy groups -OCH3 is 1. The second-order valence-corrected chi connectivity index (χ2v) is 5.95. The third-order valence-corrected chi connectivity index (χ3v) is 3.94. The number of ether oxygens (including phenoxy) is 1. The number of nitrogens with zero attached hydrogens (tertiary/aromatic N) is 1. The average Bonchev–Trinajstić information content (AvgIpc) is 3.28. The van der Waals surface area contributed by atoms with Crippen LogP contribution in [-0.2, 0) is 6.54 Å². The molecule has 0 bridgehead atoms. The van der Waals surface area contributed by atoms with Crippen LogP contribution in [0.15, 0.2) is 24.3 Å². The maximum absolute atomic E-state index is 5.29. The van der Waals surface area contributed by atoms with Gasteiger partial charge in [0.15, 0.2) is 0 Å². The van der Waals surface area contributed by atoms with Crippen molar-refractivity contribution in [1.82, 2.24) is 10.2 Å². The quantitative estimate of drug-likeness (QED) is 0.750. The Hall–Kier alpha value is -1.06. The summed E-state index contributed by atoms with van der Waals surface area (Å²) in [5.41, 5.74) is 1.32. The SMILES string of the molecule is CCCNC(CN(C)Cc1cccc(OC)c1)C1CC1. The topological polar surface area (TPSA) is 24.5 Å². The Balaban J connectivity index is 1.84. The molecule has 3 heteroatoms. The van der Waals surface area contributed by atoms with Crippen molar-refractivity contribution in [3.63, 3.8) is 0 Å². The van der Waals surface area contributed by atoms with Crippen LogP contribution >= 0.6 is 0 Å². The van der Waals surface area contributed by atoms with Crippen LogP contribution in [0.3, 0.4) is 0 Å². The standard InChI is InChI=1S/C17H28N2O/c1-4-10-18-17(15-8-9-15)13-19(2)12-14-6-5-7-16(11-14)20-3/h5-7,11,15,17-18H,4,8-10,12-13H2,1-3H3. The molecular formula is C17H28N2O. The molecule has 0 saturated heterocycles. The molecule has 1 saturated carbocycles. The van der Waals surface area contributed by atoms with E-state index in [4.69, 9.17) is 4.74 Å². The van der Waals surface area contributed by atoms with Gasteiger partial charge in [0.1, 0.15) is 5.75 Å². The average molecular weight is 276 g/mol. The highest BCUT2D eigenvalue weighted by molar-refractivity contribution is 5.28. The summed E-state index contributed by atoms with van der Waals surface area (Å²) >= 11 is 0. The molecule has 1 aliphatic carbocycles. The molecule has 0 heterocycles. The summed E-state index contributed by atoms with van der Waals surface area (Å²) in [4.78, 5) is 2.42. The van der Waals surface area contributed by atoms with Crippen molar-refractivity contribution in [3.8, 4) is 5.75 Å². The normalized spacial score (nSPS) is 16.4. The Bertz CT molecular complexity index is 404. The Morgan fingerprint density at radius 2 is 2.20 bits per heavy atom. The number of likely N-dealkylation sites (N-methyl/N-ethyl adjacent to an activating group) is 1. The van der Waals surface area contributed by atoms with Gasteiger partial charge in [-0.3, -0.25) is 0 Å². The molecule has 1 aromatic rings. The van der Waals surface area contributed by atoms with Crippen LogP contribution in [-0.4, -0.2) is 38.2 Å². The van der Waals surface area contributed by atoms with E-state index in [1.807, 2.05) is 6.07 Å². The maximum atomic E-state index is 5.29. The number of nitrogens with one attached hydrogen (secondary N) is 1. The lowest BCUT2D eigenvalue weighted by atomic mass is 10.1. The fraction of sp³-hybridized carbons (Fsp3) is 0.647. The molecule has 0 aromatic heterocycles. The first kappa shape index (κ1) is 15.3. The van der Waals surface area contributed by atoms with Crippen molar-refractivity contribution in [2.75, 3.05) is 27.2 Å². The van der Waals surface area contributed by atoms with Crippen LogP contribution in [0.5, 0.6) is 5.75 Å². The Kier molecular flexibility index (Phi) is 5.86. The second kappa shape index (κ2) is 7.65. The van der Waals surface area contributed by atoms with E-state index in [0.717, 1.165) is 31.3 Å². The first-order valence-corrected chi connectivity index (χ1v) is 7.77. The molecule has 0 radical (unpaired) electrons. The van der Waals surface area contributed by atoms with E-state index < -0.39 is 0 Å². The van der Waals surface area contributed by atoms with Crippen LogP contribution in [0.2, 0.25) is 0 Å². The molecule has 112 valence electrons. The van der Waals surface area contributed by atoms with Gasteiger partial charge in [0.25, 0.3) is 0 Å². The summed E-state index contributed by atoms with van der Waals surface area (Å²) in [6.07, 6.45) is 4.01. The minimum atomic E-state index is 0.658. The highest BCUT2D eigenvalue weighted by atomic mass is 16.5. The van der Waals surface area contributed by atoms with E-state index in [-0.39, 0.29) is 0 Å². The van der Waals surface area contributed by atoms with Gasteiger partial charge in [0.2, 0.25) is 0 Å². The van der Waals surface area contributed by atoms with E-state index in [9.17, 15) is 0 Å². The molecule has 1 atom stereocenters. The largest absolute Gasteiger partial charge is 0.497 e. The minimum absolute atomic E-state index is 0.658. The lowest BCUT2D eigenvalue weighted by Crippen LogP contribution is -2.41. The van der Waals surface area contributed by atoms with Crippen LogP contribution in [0.4, 0.5) is 0 Å². The fourth-order valence-corrected chi connectivity index (χ4v) is 2.69. The van der Waals surface area contributed by atoms with Crippen molar-refractivity contribution < 1.29 is 4.74 Å². The van der Waals surface area contributed by atoms with Crippen molar-refractivity contribution in [2.45, 2.75) is 38.8 Å². The molecular weight excluding hydrogens is 248 g/mol. The van der Waals surface area contributed by atoms with Crippen molar-refractivity contribution >= 4 is 0 Å². The molecule has 20 heavy (non-hydrogen) atoms. The van der Waals surface area contributed by atoms with Gasteiger partial charge >= 0.3 is 0 Å². The molecule has 1 aromatic carbocycles. The Morgan fingerprint density at radius 3 is 2.85 bits per heavy atom. The van der Waals surface area contributed by atoms with Crippen molar-refractivity contribution in [2.24, 2.45) is 5.92 Å². The number of benzene rings is 1. The monoisotopic (exact) mass is 276 g/mol. The smallest absolute Gasteiger partial charge is 0.119 e. The fourth-order valence-electron chi connectivity index (χ4n) is 2.69. The van der Waals surface area contributed by atoms with Gasteiger partial charge in [0.05, 0.1) is 7.11 Å². The van der Waals surface area contributed by atoms with Crippen molar-refractivity contribution in [3.05, 3.63) is 29.8 Å². The van der Waals surface area contributed by atoms with Gasteiger partial charge in [-0.15, -0.1) is 0 Å². The van der Waals surface area contributed by atoms with Crippen LogP contribution < -0.4 is 10.1 Å². The zero-order valence-corrected chi connectivity index (χ0v) is 13.1. The molecule has 1 unspecified atom stereocenters. The number of rotatable bonds is 9. The van der Waals surface area contributed by atoms with E-state index in [2.05, 4.69) is 42.4 Å². The van der Waals surface area contributed by atoms with Gasteiger partial charge < -0.3 is 15.0 Å². The zero-order chi connectivity index (χ0) is 14.4. The lowest BCUT2D eigenvalue weighted by molar-refractivity contribution is 0.267. The zero-order valence-electron chi connectivity index (χ0n) is 13.1.